The molecule has 0 aromatic carbocycles. The second-order valence-corrected chi connectivity index (χ2v) is 9.33. The Bertz CT molecular complexity index is 953. The van der Waals surface area contributed by atoms with Gasteiger partial charge < -0.3 is 48.5 Å². The van der Waals surface area contributed by atoms with Crippen LogP contribution in [0.1, 0.15) is 39.0 Å². The molecule has 2 rings (SSSR count). The zero-order chi connectivity index (χ0) is 28.4. The summed E-state index contributed by atoms with van der Waals surface area (Å²) in [6.07, 6.45) is 0.541. The number of aliphatic imine (C=N–C) groups is 1. The van der Waals surface area contributed by atoms with Crippen LogP contribution in [-0.4, -0.2) is 102 Å². The van der Waals surface area contributed by atoms with Crippen molar-refractivity contribution in [1.29, 1.82) is 0 Å². The first kappa shape index (κ1) is 30.3. The third-order valence-electron chi connectivity index (χ3n) is 6.38. The fraction of sp³-hybridized carbons (Fsp3) is 0.682. The molecule has 2 aliphatic rings. The Morgan fingerprint density at radius 3 is 2.42 bits per heavy atom. The highest BCUT2D eigenvalue weighted by molar-refractivity contribution is 5.98. The molecular weight excluding hydrogens is 502 g/mol. The van der Waals surface area contributed by atoms with Gasteiger partial charge in [0.1, 0.15) is 24.2 Å². The number of carbonyl (C=O) groups excluding carboxylic acids is 5. The molecule has 3 unspecified atom stereocenters. The summed E-state index contributed by atoms with van der Waals surface area (Å²) >= 11 is 0. The summed E-state index contributed by atoms with van der Waals surface area (Å²) in [5, 5.41) is 19.1. The van der Waals surface area contributed by atoms with Gasteiger partial charge in [-0.15, -0.1) is 0 Å². The van der Waals surface area contributed by atoms with Crippen LogP contribution in [0.5, 0.6) is 0 Å². The van der Waals surface area contributed by atoms with E-state index < -0.39 is 78.6 Å². The molecule has 0 aromatic rings. The fourth-order valence-corrected chi connectivity index (χ4v) is 4.28. The van der Waals surface area contributed by atoms with Crippen LogP contribution in [0.2, 0.25) is 0 Å². The number of guanidine groups is 1. The van der Waals surface area contributed by atoms with E-state index in [0.717, 1.165) is 0 Å². The monoisotopic (exact) mass is 539 g/mol. The molecule has 16 nitrogen and oxygen atoms in total. The van der Waals surface area contributed by atoms with Crippen molar-refractivity contribution in [2.75, 3.05) is 26.2 Å². The summed E-state index contributed by atoms with van der Waals surface area (Å²) in [4.78, 5) is 81.6. The molecule has 0 aromatic heterocycles. The van der Waals surface area contributed by atoms with Crippen LogP contribution in [0.15, 0.2) is 4.99 Å². The molecule has 0 aliphatic carbocycles. The summed E-state index contributed by atoms with van der Waals surface area (Å²) < 4.78 is 0. The first-order valence-electron chi connectivity index (χ1n) is 12.4. The standard InChI is InChI=1S/C22H37N9O7/c1-11(9-23)17-21(38)31-7-3-5-14(31)20(37)29-12(4-2-6-26-22(24)25)18(35)27-10-15(32)28-13(8-16(33)34)19(36)30-17/h11-14,17H,2-10,23H2,1H3,(H,27,35)(H,28,32)(H,29,37)(H,30,36)(H,33,34)(H4,24,25,26)/t11?,12?,13-,14?,17+/m0/s1. The number of nitrogens with one attached hydrogen (secondary N) is 4. The Morgan fingerprint density at radius 1 is 1.08 bits per heavy atom. The highest BCUT2D eigenvalue weighted by Crippen LogP contribution is 2.21. The van der Waals surface area contributed by atoms with Crippen LogP contribution in [0.25, 0.3) is 0 Å². The molecule has 16 heteroatoms. The average molecular weight is 540 g/mol. The van der Waals surface area contributed by atoms with E-state index >= 15 is 0 Å². The number of fused-ring (bicyclic) bond motifs is 1. The maximum absolute atomic E-state index is 13.5. The van der Waals surface area contributed by atoms with Crippen LogP contribution >= 0.6 is 0 Å². The number of nitrogens with two attached hydrogens (primary N) is 3. The van der Waals surface area contributed by atoms with Gasteiger partial charge in [0.15, 0.2) is 5.96 Å². The molecule has 11 N–H and O–H groups in total. The quantitative estimate of drug-likeness (QED) is 0.0835. The smallest absolute Gasteiger partial charge is 0.305 e. The number of carboxylic acids is 1. The van der Waals surface area contributed by atoms with E-state index in [9.17, 15) is 33.9 Å². The van der Waals surface area contributed by atoms with Crippen molar-refractivity contribution >= 4 is 41.5 Å². The van der Waals surface area contributed by atoms with E-state index in [1.165, 1.54) is 4.90 Å². The highest BCUT2D eigenvalue weighted by atomic mass is 16.4. The van der Waals surface area contributed by atoms with Crippen molar-refractivity contribution in [2.24, 2.45) is 28.1 Å². The molecule has 2 heterocycles. The Kier molecular flexibility index (Phi) is 11.2. The van der Waals surface area contributed by atoms with Crippen LogP contribution in [0.4, 0.5) is 0 Å². The van der Waals surface area contributed by atoms with Gasteiger partial charge in [-0.2, -0.15) is 0 Å². The first-order valence-corrected chi connectivity index (χ1v) is 12.4. The summed E-state index contributed by atoms with van der Waals surface area (Å²) in [6.45, 7) is 1.48. The van der Waals surface area contributed by atoms with E-state index in [1.807, 2.05) is 0 Å². The van der Waals surface area contributed by atoms with Gasteiger partial charge in [-0.1, -0.05) is 6.92 Å². The van der Waals surface area contributed by atoms with E-state index in [1.54, 1.807) is 6.92 Å². The Balaban J connectivity index is 2.40. The zero-order valence-electron chi connectivity index (χ0n) is 21.3. The normalized spacial score (nSPS) is 26.1. The van der Waals surface area contributed by atoms with Gasteiger partial charge in [0, 0.05) is 13.1 Å². The maximum Gasteiger partial charge on any atom is 0.305 e. The van der Waals surface area contributed by atoms with Gasteiger partial charge in [-0.25, -0.2) is 0 Å². The van der Waals surface area contributed by atoms with E-state index in [4.69, 9.17) is 17.2 Å². The molecule has 2 aliphatic heterocycles. The third-order valence-corrected chi connectivity index (χ3v) is 6.38. The van der Waals surface area contributed by atoms with Crippen molar-refractivity contribution in [3.8, 4) is 0 Å². The van der Waals surface area contributed by atoms with Gasteiger partial charge in [0.05, 0.1) is 13.0 Å². The predicted octanol–water partition coefficient (Wildman–Crippen LogP) is -4.32. The van der Waals surface area contributed by atoms with Crippen LogP contribution in [0, 0.1) is 5.92 Å². The Hall–Kier alpha value is -3.95. The molecule has 38 heavy (non-hydrogen) atoms. The molecule has 2 saturated heterocycles. The van der Waals surface area contributed by atoms with E-state index in [2.05, 4.69) is 26.3 Å². The SMILES string of the molecule is CC(CN)[C@H]1NC(=O)[C@H](CC(=O)O)NC(=O)CNC(=O)C(CCCN=C(N)N)NC(=O)C2CCCN2C1=O. The molecular formula is C22H37N9O7. The highest BCUT2D eigenvalue weighted by Gasteiger charge is 2.41. The second-order valence-electron chi connectivity index (χ2n) is 9.33. The van der Waals surface area contributed by atoms with Gasteiger partial charge in [0.25, 0.3) is 0 Å². The van der Waals surface area contributed by atoms with Crippen LogP contribution < -0.4 is 38.5 Å². The van der Waals surface area contributed by atoms with Crippen molar-refractivity contribution in [1.82, 2.24) is 26.2 Å². The number of nitrogens with zero attached hydrogens (tertiary/aromatic N) is 2. The molecule has 5 atom stereocenters. The summed E-state index contributed by atoms with van der Waals surface area (Å²) in [6, 6.07) is -4.67. The molecule has 2 fully saturated rings. The molecule has 0 radical (unpaired) electrons. The third kappa shape index (κ3) is 8.57. The summed E-state index contributed by atoms with van der Waals surface area (Å²) in [7, 11) is 0. The van der Waals surface area contributed by atoms with Gasteiger partial charge in [-0.3, -0.25) is 33.8 Å². The number of aliphatic carboxylic acids is 1. The van der Waals surface area contributed by atoms with E-state index in [0.29, 0.717) is 19.3 Å². The molecule has 212 valence electrons. The number of rotatable bonds is 8. The summed E-state index contributed by atoms with van der Waals surface area (Å²) in [5.74, 6) is -5.62. The molecule has 0 bridgehead atoms. The lowest BCUT2D eigenvalue weighted by atomic mass is 9.99. The van der Waals surface area contributed by atoms with Crippen molar-refractivity contribution in [3.05, 3.63) is 0 Å². The lowest BCUT2D eigenvalue weighted by Crippen LogP contribution is -2.59. The minimum atomic E-state index is -1.52. The lowest BCUT2D eigenvalue weighted by molar-refractivity contribution is -0.144. The number of hydrogen-bond donors (Lipinski definition) is 8. The van der Waals surface area contributed by atoms with Crippen LogP contribution in [-0.2, 0) is 28.8 Å². The van der Waals surface area contributed by atoms with Crippen molar-refractivity contribution < 1.29 is 33.9 Å². The molecule has 0 saturated carbocycles. The zero-order valence-corrected chi connectivity index (χ0v) is 21.3. The maximum atomic E-state index is 13.5. The minimum Gasteiger partial charge on any atom is -0.481 e. The topological polar surface area (TPSA) is 264 Å². The predicted molar refractivity (Wildman–Crippen MR) is 134 cm³/mol. The number of hydrogen-bond acceptors (Lipinski definition) is 8. The van der Waals surface area contributed by atoms with Gasteiger partial charge in [-0.05, 0) is 38.1 Å². The number of carbonyl (C=O) groups is 6. The average Bonchev–Trinajstić information content (AvgIpc) is 3.35. The fourth-order valence-electron chi connectivity index (χ4n) is 4.28. The lowest BCUT2D eigenvalue weighted by Gasteiger charge is -2.32. The Labute approximate surface area is 219 Å². The molecule has 0 spiro atoms. The van der Waals surface area contributed by atoms with E-state index in [-0.39, 0.29) is 32.0 Å². The van der Waals surface area contributed by atoms with Crippen molar-refractivity contribution in [3.63, 3.8) is 0 Å². The largest absolute Gasteiger partial charge is 0.481 e. The summed E-state index contributed by atoms with van der Waals surface area (Å²) in [5.41, 5.74) is 16.4. The second kappa shape index (κ2) is 14.1. The Morgan fingerprint density at radius 2 is 1.79 bits per heavy atom. The van der Waals surface area contributed by atoms with Gasteiger partial charge in [0.2, 0.25) is 29.5 Å². The van der Waals surface area contributed by atoms with Crippen molar-refractivity contribution in [2.45, 2.75) is 63.2 Å². The molecule has 5 amide bonds. The minimum absolute atomic E-state index is 0.00758. The number of carboxylic acid groups (broad SMARTS) is 1. The number of amides is 5. The van der Waals surface area contributed by atoms with Crippen LogP contribution in [0.3, 0.4) is 0 Å². The first-order chi connectivity index (χ1) is 17.9. The van der Waals surface area contributed by atoms with Gasteiger partial charge >= 0.3 is 5.97 Å².